The Morgan fingerprint density at radius 3 is 2.56 bits per heavy atom. The van der Waals surface area contributed by atoms with Crippen molar-refractivity contribution < 1.29 is 32.6 Å². The van der Waals surface area contributed by atoms with Crippen molar-refractivity contribution in [3.63, 3.8) is 0 Å². The lowest BCUT2D eigenvalue weighted by molar-refractivity contribution is -0.149. The monoisotopic (exact) mass is 527 g/mol. The molecule has 11 nitrogen and oxygen atoms in total. The Labute approximate surface area is 207 Å². The van der Waals surface area contributed by atoms with Crippen LogP contribution in [0.5, 0.6) is 5.75 Å². The summed E-state index contributed by atoms with van der Waals surface area (Å²) in [6.45, 7) is 5.48. The first-order chi connectivity index (χ1) is 16.8. The second kappa shape index (κ2) is 11.1. The Kier molecular flexibility index (Phi) is 8.55. The number of H-pyrrole nitrogens is 1. The lowest BCUT2D eigenvalue weighted by Crippen LogP contribution is -2.43. The molecule has 0 bridgehead atoms. The molecular formula is C23H31FN3O8P. The third-order valence-electron chi connectivity index (χ3n) is 5.87. The molecule has 1 aliphatic rings. The first kappa shape index (κ1) is 27.8. The maximum Gasteiger partial charge on any atom is 0.459 e. The van der Waals surface area contributed by atoms with Crippen LogP contribution in [0.2, 0.25) is 0 Å². The molecular weight excluding hydrogens is 496 g/mol. The molecule has 0 spiro atoms. The maximum absolute atomic E-state index is 15.6. The van der Waals surface area contributed by atoms with Crippen molar-refractivity contribution in [2.45, 2.75) is 64.1 Å². The van der Waals surface area contributed by atoms with Gasteiger partial charge in [0.1, 0.15) is 11.8 Å². The van der Waals surface area contributed by atoms with E-state index < -0.39 is 67.4 Å². The van der Waals surface area contributed by atoms with Crippen molar-refractivity contribution in [3.05, 3.63) is 63.4 Å². The number of ether oxygens (including phenoxy) is 1. The van der Waals surface area contributed by atoms with Crippen LogP contribution in [0, 0.1) is 5.92 Å². The third-order valence-corrected chi connectivity index (χ3v) is 7.52. The van der Waals surface area contributed by atoms with Crippen LogP contribution >= 0.6 is 7.75 Å². The number of para-hydroxylation sites is 1. The highest BCUT2D eigenvalue weighted by Crippen LogP contribution is 2.49. The first-order valence-electron chi connectivity index (χ1n) is 11.5. The van der Waals surface area contributed by atoms with Gasteiger partial charge in [-0.15, -0.1) is 0 Å². The lowest BCUT2D eigenvalue weighted by Gasteiger charge is -2.28. The van der Waals surface area contributed by atoms with Crippen molar-refractivity contribution in [1.29, 1.82) is 0 Å². The minimum Gasteiger partial charge on any atom is -0.462 e. The van der Waals surface area contributed by atoms with Crippen LogP contribution in [0.25, 0.3) is 0 Å². The second-order valence-corrected chi connectivity index (χ2v) is 10.9. The molecule has 1 heterocycles. The SMILES string of the molecule is CC(C)OC(=O)[C@H](C)N[P@](=O)(OCC1C[C@@H](n2ccc(=O)[nH]c2=O)[C@](C)(F)[C@@H]1O)Oc1ccccc1. The molecule has 2 aromatic rings. The van der Waals surface area contributed by atoms with E-state index in [-0.39, 0.29) is 12.2 Å². The summed E-state index contributed by atoms with van der Waals surface area (Å²) in [5.74, 6) is -1.38. The number of aliphatic hydroxyl groups excluding tert-OH is 1. The van der Waals surface area contributed by atoms with E-state index in [1.165, 1.54) is 19.1 Å². The van der Waals surface area contributed by atoms with Crippen LogP contribution in [0.15, 0.2) is 52.2 Å². The Morgan fingerprint density at radius 2 is 1.94 bits per heavy atom. The predicted octanol–water partition coefficient (Wildman–Crippen LogP) is 2.32. The molecule has 36 heavy (non-hydrogen) atoms. The quantitative estimate of drug-likeness (QED) is 0.313. The average molecular weight is 527 g/mol. The number of aromatic amines is 1. The average Bonchev–Trinajstić information content (AvgIpc) is 3.01. The number of nitrogens with one attached hydrogen (secondary N) is 2. The highest BCUT2D eigenvalue weighted by molar-refractivity contribution is 7.52. The summed E-state index contributed by atoms with van der Waals surface area (Å²) in [6, 6.07) is 6.99. The molecule has 0 aliphatic heterocycles. The Balaban J connectivity index is 1.80. The zero-order valence-corrected chi connectivity index (χ0v) is 21.3. The van der Waals surface area contributed by atoms with Gasteiger partial charge in [-0.2, -0.15) is 5.09 Å². The maximum atomic E-state index is 15.6. The molecule has 1 saturated carbocycles. The number of halogens is 1. The molecule has 13 heteroatoms. The highest BCUT2D eigenvalue weighted by atomic mass is 31.2. The van der Waals surface area contributed by atoms with Crippen molar-refractivity contribution in [1.82, 2.24) is 14.6 Å². The summed E-state index contributed by atoms with van der Waals surface area (Å²) in [5, 5.41) is 13.2. The van der Waals surface area contributed by atoms with E-state index in [2.05, 4.69) is 10.1 Å². The Hall–Kier alpha value is -2.79. The van der Waals surface area contributed by atoms with Crippen LogP contribution in [-0.2, 0) is 18.6 Å². The van der Waals surface area contributed by atoms with Gasteiger partial charge in [0, 0.05) is 18.2 Å². The van der Waals surface area contributed by atoms with E-state index in [1.807, 2.05) is 0 Å². The van der Waals surface area contributed by atoms with Crippen LogP contribution in [-0.4, -0.2) is 51.2 Å². The van der Waals surface area contributed by atoms with Crippen molar-refractivity contribution in [3.8, 4) is 5.75 Å². The number of alkyl halides is 1. The molecule has 3 rings (SSSR count). The number of carbonyl (C=O) groups is 1. The van der Waals surface area contributed by atoms with E-state index in [0.717, 1.165) is 23.8 Å². The fourth-order valence-electron chi connectivity index (χ4n) is 4.05. The van der Waals surface area contributed by atoms with E-state index in [1.54, 1.807) is 32.0 Å². The van der Waals surface area contributed by atoms with Gasteiger partial charge in [-0.1, -0.05) is 18.2 Å². The standard InChI is InChI=1S/C23H31FN3O8P/c1-14(2)34-21(30)15(3)26-36(32,35-17-8-6-5-7-9-17)33-13-16-12-18(23(4,24)20(16)29)27-11-10-19(28)25-22(27)31/h5-11,14-16,18,20,29H,12-13H2,1-4H3,(H,26,32)(H,25,28,31)/t15-,16?,18+,20+,23-,36-/m0/s1. The molecule has 0 radical (unpaired) electrons. The zero-order chi connectivity index (χ0) is 26.7. The summed E-state index contributed by atoms with van der Waals surface area (Å²) in [7, 11) is -4.22. The Morgan fingerprint density at radius 1 is 1.28 bits per heavy atom. The zero-order valence-electron chi connectivity index (χ0n) is 20.4. The number of rotatable bonds is 10. The first-order valence-corrected chi connectivity index (χ1v) is 13.0. The summed E-state index contributed by atoms with van der Waals surface area (Å²) < 4.78 is 46.5. The highest BCUT2D eigenvalue weighted by Gasteiger charge is 2.54. The van der Waals surface area contributed by atoms with E-state index in [0.29, 0.717) is 0 Å². The van der Waals surface area contributed by atoms with Gasteiger partial charge >= 0.3 is 19.4 Å². The topological polar surface area (TPSA) is 149 Å². The van der Waals surface area contributed by atoms with Gasteiger partial charge in [0.2, 0.25) is 0 Å². The number of aliphatic hydroxyl groups is 1. The smallest absolute Gasteiger partial charge is 0.459 e. The molecule has 1 fully saturated rings. The minimum absolute atomic E-state index is 0.0591. The van der Waals surface area contributed by atoms with E-state index in [4.69, 9.17) is 13.8 Å². The molecule has 1 aromatic heterocycles. The number of aromatic nitrogens is 2. The van der Waals surface area contributed by atoms with Gasteiger partial charge in [-0.25, -0.2) is 13.8 Å². The number of esters is 1. The van der Waals surface area contributed by atoms with Gasteiger partial charge in [-0.3, -0.25) is 23.7 Å². The van der Waals surface area contributed by atoms with Gasteiger partial charge in [0.05, 0.1) is 24.9 Å². The minimum atomic E-state index is -4.22. The number of nitrogens with zero attached hydrogens (tertiary/aromatic N) is 1. The van der Waals surface area contributed by atoms with Crippen LogP contribution in [0.4, 0.5) is 4.39 Å². The van der Waals surface area contributed by atoms with Crippen molar-refractivity contribution in [2.75, 3.05) is 6.61 Å². The molecule has 0 saturated heterocycles. The summed E-state index contributed by atoms with van der Waals surface area (Å²) in [6.07, 6.45) is -0.890. The molecule has 1 aromatic carbocycles. The normalized spacial score (nSPS) is 26.4. The van der Waals surface area contributed by atoms with Gasteiger partial charge in [-0.05, 0) is 46.2 Å². The molecule has 1 unspecified atom stereocenters. The summed E-state index contributed by atoms with van der Waals surface area (Å²) in [5.41, 5.74) is -3.71. The van der Waals surface area contributed by atoms with E-state index >= 15 is 4.39 Å². The summed E-state index contributed by atoms with van der Waals surface area (Å²) in [4.78, 5) is 37.9. The van der Waals surface area contributed by atoms with Gasteiger partial charge < -0.3 is 14.4 Å². The molecule has 6 atom stereocenters. The number of hydrogen-bond acceptors (Lipinski definition) is 8. The predicted molar refractivity (Wildman–Crippen MR) is 128 cm³/mol. The summed E-state index contributed by atoms with van der Waals surface area (Å²) >= 11 is 0. The van der Waals surface area contributed by atoms with Crippen LogP contribution in [0.3, 0.4) is 0 Å². The van der Waals surface area contributed by atoms with Gasteiger partial charge in [0.15, 0.2) is 5.67 Å². The molecule has 1 aliphatic carbocycles. The Bertz CT molecular complexity index is 1220. The van der Waals surface area contributed by atoms with Crippen LogP contribution < -0.4 is 20.9 Å². The number of carbonyl (C=O) groups excluding carboxylic acids is 1. The third kappa shape index (κ3) is 6.50. The van der Waals surface area contributed by atoms with Crippen molar-refractivity contribution in [2.24, 2.45) is 5.92 Å². The molecule has 3 N–H and O–H groups in total. The second-order valence-electron chi connectivity index (χ2n) is 9.16. The van der Waals surface area contributed by atoms with Crippen molar-refractivity contribution >= 4 is 13.7 Å². The molecule has 198 valence electrons. The number of benzene rings is 1. The molecule has 0 amide bonds. The number of hydrogen-bond donors (Lipinski definition) is 3. The van der Waals surface area contributed by atoms with Gasteiger partial charge in [0.25, 0.3) is 5.56 Å². The van der Waals surface area contributed by atoms with Crippen LogP contribution in [0.1, 0.15) is 40.2 Å². The fourth-order valence-corrected chi connectivity index (χ4v) is 5.60. The van der Waals surface area contributed by atoms with E-state index in [9.17, 15) is 24.1 Å². The fraction of sp³-hybridized carbons (Fsp3) is 0.522. The lowest BCUT2D eigenvalue weighted by atomic mass is 9.98. The largest absolute Gasteiger partial charge is 0.462 e.